The minimum absolute atomic E-state index is 0.318. The number of carbonyl (C=O) groups excluding carboxylic acids is 1. The largest absolute Gasteiger partial charge is 0.379 e. The van der Waals surface area contributed by atoms with Gasteiger partial charge in [-0.2, -0.15) is 5.26 Å². The number of nitriles is 1. The second-order valence-electron chi connectivity index (χ2n) is 5.49. The maximum absolute atomic E-state index is 11.0. The van der Waals surface area contributed by atoms with Crippen LogP contribution in [0.2, 0.25) is 5.02 Å². The van der Waals surface area contributed by atoms with Crippen LogP contribution >= 0.6 is 11.6 Å². The average molecular weight is 348 g/mol. The summed E-state index contributed by atoms with van der Waals surface area (Å²) in [6, 6.07) is 17.0. The van der Waals surface area contributed by atoms with E-state index in [1.165, 1.54) is 0 Å². The number of pyridine rings is 1. The van der Waals surface area contributed by atoms with Crippen molar-refractivity contribution in [1.82, 2.24) is 4.98 Å². The number of fused-ring (bicyclic) bond motifs is 1. The number of anilines is 1. The minimum atomic E-state index is 0.318. The van der Waals surface area contributed by atoms with E-state index >= 15 is 0 Å². The molecule has 1 N–H and O–H groups in total. The highest BCUT2D eigenvalue weighted by atomic mass is 35.5. The number of nitrogens with one attached hydrogen (secondary N) is 1. The predicted octanol–water partition coefficient (Wildman–Crippen LogP) is 4.86. The highest BCUT2D eigenvalue weighted by molar-refractivity contribution is 6.35. The van der Waals surface area contributed by atoms with Crippen LogP contribution in [0.25, 0.3) is 22.0 Å². The summed E-state index contributed by atoms with van der Waals surface area (Å²) < 4.78 is 0. The van der Waals surface area contributed by atoms with Gasteiger partial charge in [0.05, 0.1) is 22.5 Å². The lowest BCUT2D eigenvalue weighted by atomic mass is 10.0. The summed E-state index contributed by atoms with van der Waals surface area (Å²) in [4.78, 5) is 15.3. The third kappa shape index (κ3) is 3.52. The second-order valence-corrected chi connectivity index (χ2v) is 5.90. The highest BCUT2D eigenvalue weighted by Gasteiger charge is 2.09. The number of hydrogen-bond donors (Lipinski definition) is 1. The van der Waals surface area contributed by atoms with E-state index in [-0.39, 0.29) is 0 Å². The molecule has 3 rings (SSSR count). The van der Waals surface area contributed by atoms with Crippen LogP contribution in [-0.2, 0) is 0 Å². The van der Waals surface area contributed by atoms with Crippen LogP contribution < -0.4 is 5.32 Å². The Morgan fingerprint density at radius 1 is 1.28 bits per heavy atom. The summed E-state index contributed by atoms with van der Waals surface area (Å²) >= 11 is 6.34. The Morgan fingerprint density at radius 2 is 2.08 bits per heavy atom. The Morgan fingerprint density at radius 3 is 2.84 bits per heavy atom. The first-order valence-corrected chi connectivity index (χ1v) is 7.97. The van der Waals surface area contributed by atoms with Crippen molar-refractivity contribution in [2.45, 2.75) is 0 Å². The van der Waals surface area contributed by atoms with Gasteiger partial charge >= 0.3 is 0 Å². The number of aromatic nitrogens is 1. The van der Waals surface area contributed by atoms with Crippen LogP contribution in [0.4, 0.5) is 5.69 Å². The van der Waals surface area contributed by atoms with Crippen LogP contribution in [0, 0.1) is 11.3 Å². The number of hydrogen-bond acceptors (Lipinski definition) is 4. The normalized spacial score (nSPS) is 10.2. The molecule has 0 atom stereocenters. The molecule has 0 spiro atoms. The molecule has 122 valence electrons. The topological polar surface area (TPSA) is 65.8 Å². The predicted molar refractivity (Wildman–Crippen MR) is 101 cm³/mol. The first-order chi connectivity index (χ1) is 12.1. The van der Waals surface area contributed by atoms with E-state index in [0.29, 0.717) is 28.5 Å². The molecule has 25 heavy (non-hydrogen) atoms. The van der Waals surface area contributed by atoms with E-state index in [2.05, 4.69) is 16.9 Å². The Bertz CT molecular complexity index is 1020. The zero-order valence-electron chi connectivity index (χ0n) is 13.3. The van der Waals surface area contributed by atoms with Crippen molar-refractivity contribution in [2.75, 3.05) is 11.9 Å². The molecule has 1 aromatic heterocycles. The van der Waals surface area contributed by atoms with Crippen molar-refractivity contribution >= 4 is 34.3 Å². The van der Waals surface area contributed by atoms with E-state index in [9.17, 15) is 4.79 Å². The van der Waals surface area contributed by atoms with Crippen LogP contribution in [0.15, 0.2) is 60.7 Å². The van der Waals surface area contributed by atoms with Gasteiger partial charge in [0, 0.05) is 23.1 Å². The lowest BCUT2D eigenvalue weighted by Crippen LogP contribution is -2.04. The molecule has 0 fully saturated rings. The Kier molecular flexibility index (Phi) is 4.78. The van der Waals surface area contributed by atoms with E-state index in [1.807, 2.05) is 42.5 Å². The first kappa shape index (κ1) is 16.7. The number of aldehydes is 1. The Labute approximate surface area is 150 Å². The summed E-state index contributed by atoms with van der Waals surface area (Å²) in [6.45, 7) is 3.99. The lowest BCUT2D eigenvalue weighted by Gasteiger charge is -2.12. The van der Waals surface area contributed by atoms with Crippen LogP contribution in [0.5, 0.6) is 0 Å². The van der Waals surface area contributed by atoms with Crippen LogP contribution in [0.3, 0.4) is 0 Å². The third-order valence-corrected chi connectivity index (χ3v) is 4.11. The molecule has 0 aliphatic rings. The van der Waals surface area contributed by atoms with Gasteiger partial charge in [0.2, 0.25) is 0 Å². The van der Waals surface area contributed by atoms with Crippen molar-refractivity contribution < 1.29 is 4.79 Å². The van der Waals surface area contributed by atoms with Crippen molar-refractivity contribution in [3.63, 3.8) is 0 Å². The van der Waals surface area contributed by atoms with Gasteiger partial charge in [-0.15, -0.1) is 0 Å². The quantitative estimate of drug-likeness (QED) is 0.528. The van der Waals surface area contributed by atoms with Crippen molar-refractivity contribution in [1.29, 1.82) is 5.26 Å². The van der Waals surface area contributed by atoms with Crippen LogP contribution in [0.1, 0.15) is 10.5 Å². The van der Waals surface area contributed by atoms with Gasteiger partial charge in [-0.25, -0.2) is 4.98 Å². The fourth-order valence-corrected chi connectivity index (χ4v) is 2.78. The molecule has 0 aliphatic heterocycles. The maximum atomic E-state index is 11.0. The van der Waals surface area contributed by atoms with Gasteiger partial charge in [0.1, 0.15) is 5.69 Å². The standard InChI is InChI=1S/C20H14ClN3O/c1-13(10-22)11-23-20-17-9-15(6-5-14(17)7-8-18(20)21)19-4-2-3-16(12-25)24-19/h2-9,12,23H,1,11H2. The van der Waals surface area contributed by atoms with Gasteiger partial charge in [-0.3, -0.25) is 4.79 Å². The molecule has 0 saturated carbocycles. The molecular formula is C20H14ClN3O. The molecule has 0 bridgehead atoms. The summed E-state index contributed by atoms with van der Waals surface area (Å²) in [5, 5.41) is 14.5. The molecule has 4 nitrogen and oxygen atoms in total. The van der Waals surface area contributed by atoms with Gasteiger partial charge in [-0.05, 0) is 29.7 Å². The first-order valence-electron chi connectivity index (χ1n) is 7.59. The minimum Gasteiger partial charge on any atom is -0.379 e. The molecule has 3 aromatic rings. The van der Waals surface area contributed by atoms with E-state index in [4.69, 9.17) is 16.9 Å². The number of nitrogens with zero attached hydrogens (tertiary/aromatic N) is 2. The summed E-state index contributed by atoms with van der Waals surface area (Å²) in [7, 11) is 0. The molecule has 1 heterocycles. The fourth-order valence-electron chi connectivity index (χ4n) is 2.54. The molecule has 2 aromatic carbocycles. The van der Waals surface area contributed by atoms with Crippen molar-refractivity contribution in [3.05, 3.63) is 71.4 Å². The van der Waals surface area contributed by atoms with E-state index in [1.54, 1.807) is 12.1 Å². The molecule has 5 heteroatoms. The highest BCUT2D eigenvalue weighted by Crippen LogP contribution is 2.34. The van der Waals surface area contributed by atoms with Gasteiger partial charge in [-0.1, -0.05) is 42.4 Å². The zero-order valence-corrected chi connectivity index (χ0v) is 14.0. The smallest absolute Gasteiger partial charge is 0.168 e. The maximum Gasteiger partial charge on any atom is 0.168 e. The van der Waals surface area contributed by atoms with Gasteiger partial charge in [0.15, 0.2) is 6.29 Å². The number of benzene rings is 2. The summed E-state index contributed by atoms with van der Waals surface area (Å²) in [5.41, 5.74) is 3.13. The number of halogens is 1. The van der Waals surface area contributed by atoms with Gasteiger partial charge in [0.25, 0.3) is 0 Å². The molecule has 0 radical (unpaired) electrons. The zero-order chi connectivity index (χ0) is 17.8. The molecule has 0 unspecified atom stereocenters. The lowest BCUT2D eigenvalue weighted by molar-refractivity contribution is 0.111. The van der Waals surface area contributed by atoms with E-state index in [0.717, 1.165) is 28.3 Å². The van der Waals surface area contributed by atoms with Gasteiger partial charge < -0.3 is 5.32 Å². The van der Waals surface area contributed by atoms with E-state index < -0.39 is 0 Å². The SMILES string of the molecule is C=C(C#N)CNc1c(Cl)ccc2ccc(-c3cccc(C=O)n3)cc12. The monoisotopic (exact) mass is 347 g/mol. The average Bonchev–Trinajstić information content (AvgIpc) is 2.66. The number of carbonyl (C=O) groups is 1. The van der Waals surface area contributed by atoms with Crippen LogP contribution in [-0.4, -0.2) is 17.8 Å². The number of rotatable bonds is 5. The molecule has 0 amide bonds. The fraction of sp³-hybridized carbons (Fsp3) is 0.0500. The molecular weight excluding hydrogens is 334 g/mol. The molecule has 0 aliphatic carbocycles. The summed E-state index contributed by atoms with van der Waals surface area (Å²) in [6.07, 6.45) is 0.724. The Hall–Kier alpha value is -3.16. The Balaban J connectivity index is 2.10. The molecule has 0 saturated heterocycles. The van der Waals surface area contributed by atoms with Crippen molar-refractivity contribution in [2.24, 2.45) is 0 Å². The summed E-state index contributed by atoms with van der Waals surface area (Å²) in [5.74, 6) is 0. The second kappa shape index (κ2) is 7.16. The van der Waals surface area contributed by atoms with Crippen molar-refractivity contribution in [3.8, 4) is 17.3 Å². The third-order valence-electron chi connectivity index (χ3n) is 3.79.